The van der Waals surface area contributed by atoms with Gasteiger partial charge in [0.15, 0.2) is 0 Å². The number of hydrogen-bond acceptors (Lipinski definition) is 5. The Kier molecular flexibility index (Phi) is 5.30. The molecule has 6 nitrogen and oxygen atoms in total. The van der Waals surface area contributed by atoms with Crippen LogP contribution in [0.4, 0.5) is 4.79 Å². The molecular weight excluding hydrogens is 316 g/mol. The zero-order valence-corrected chi connectivity index (χ0v) is 14.7. The number of rotatable bonds is 5. The minimum atomic E-state index is -0.533. The van der Waals surface area contributed by atoms with Gasteiger partial charge in [-0.15, -0.1) is 11.3 Å². The van der Waals surface area contributed by atoms with Crippen molar-refractivity contribution < 1.29 is 19.1 Å². The van der Waals surface area contributed by atoms with E-state index in [1.165, 1.54) is 0 Å². The first-order valence-electron chi connectivity index (χ1n) is 7.52. The number of fused-ring (bicyclic) bond motifs is 1. The van der Waals surface area contributed by atoms with Crippen molar-refractivity contribution in [1.82, 2.24) is 9.88 Å². The molecule has 0 unspecified atom stereocenters. The van der Waals surface area contributed by atoms with Gasteiger partial charge in [-0.2, -0.15) is 0 Å². The van der Waals surface area contributed by atoms with Gasteiger partial charge in [-0.1, -0.05) is 0 Å². The van der Waals surface area contributed by atoms with Gasteiger partial charge in [0.2, 0.25) is 0 Å². The number of carbonyl (C=O) groups is 2. The van der Waals surface area contributed by atoms with Crippen LogP contribution in [0.1, 0.15) is 38.2 Å². The van der Waals surface area contributed by atoms with E-state index in [0.29, 0.717) is 25.4 Å². The van der Waals surface area contributed by atoms with Gasteiger partial charge in [-0.05, 0) is 45.2 Å². The first-order chi connectivity index (χ1) is 10.8. The number of thiophene rings is 1. The summed E-state index contributed by atoms with van der Waals surface area (Å²) in [6, 6.07) is 3.78. The van der Waals surface area contributed by atoms with Crippen molar-refractivity contribution in [3.63, 3.8) is 0 Å². The van der Waals surface area contributed by atoms with Gasteiger partial charge < -0.3 is 19.4 Å². The standard InChI is InChI=1S/C16H22N2O4S/c1-5-21-14(19)12-10-13-11(6-9-23-13)18(12)8-7-17-15(20)22-16(2,3)4/h6,9-10H,5,7-8H2,1-4H3,(H,17,20). The lowest BCUT2D eigenvalue weighted by Crippen LogP contribution is -2.34. The number of esters is 1. The molecule has 1 N–H and O–H groups in total. The van der Waals surface area contributed by atoms with Crippen LogP contribution in [0.5, 0.6) is 0 Å². The van der Waals surface area contributed by atoms with Crippen LogP contribution in [0.15, 0.2) is 17.5 Å². The highest BCUT2D eigenvalue weighted by Crippen LogP contribution is 2.25. The van der Waals surface area contributed by atoms with Gasteiger partial charge in [0.1, 0.15) is 11.3 Å². The van der Waals surface area contributed by atoms with Crippen LogP contribution in [0, 0.1) is 0 Å². The quantitative estimate of drug-likeness (QED) is 0.848. The Bertz CT molecular complexity index is 697. The van der Waals surface area contributed by atoms with E-state index >= 15 is 0 Å². The van der Waals surface area contributed by atoms with Crippen molar-refractivity contribution in [3.05, 3.63) is 23.2 Å². The Morgan fingerprint density at radius 1 is 1.35 bits per heavy atom. The molecule has 0 aliphatic rings. The zero-order valence-electron chi connectivity index (χ0n) is 13.8. The molecule has 2 heterocycles. The second-order valence-electron chi connectivity index (χ2n) is 6.00. The Morgan fingerprint density at radius 3 is 2.74 bits per heavy atom. The summed E-state index contributed by atoms with van der Waals surface area (Å²) >= 11 is 1.56. The Labute approximate surface area is 139 Å². The lowest BCUT2D eigenvalue weighted by Gasteiger charge is -2.20. The van der Waals surface area contributed by atoms with Gasteiger partial charge in [-0.25, -0.2) is 9.59 Å². The molecule has 7 heteroatoms. The summed E-state index contributed by atoms with van der Waals surface area (Å²) in [4.78, 5) is 23.8. The summed E-state index contributed by atoms with van der Waals surface area (Å²) < 4.78 is 13.2. The van der Waals surface area contributed by atoms with Crippen molar-refractivity contribution in [2.24, 2.45) is 0 Å². The van der Waals surface area contributed by atoms with E-state index in [1.807, 2.05) is 42.9 Å². The molecule has 0 saturated heterocycles. The maximum atomic E-state index is 12.1. The third kappa shape index (κ3) is 4.48. The van der Waals surface area contributed by atoms with Crippen molar-refractivity contribution in [1.29, 1.82) is 0 Å². The maximum absolute atomic E-state index is 12.1. The molecule has 0 atom stereocenters. The number of nitrogens with zero attached hydrogens (tertiary/aromatic N) is 1. The van der Waals surface area contributed by atoms with E-state index in [2.05, 4.69) is 5.32 Å². The van der Waals surface area contributed by atoms with Crippen molar-refractivity contribution >= 4 is 33.6 Å². The molecule has 2 aromatic rings. The van der Waals surface area contributed by atoms with Gasteiger partial charge in [0.25, 0.3) is 0 Å². The fourth-order valence-electron chi connectivity index (χ4n) is 2.18. The molecular formula is C16H22N2O4S. The molecule has 0 fully saturated rings. The number of alkyl carbamates (subject to hydrolysis) is 1. The van der Waals surface area contributed by atoms with E-state index in [0.717, 1.165) is 10.2 Å². The smallest absolute Gasteiger partial charge is 0.407 e. The SMILES string of the molecule is CCOC(=O)c1cc2sccc2n1CCNC(=O)OC(C)(C)C. The molecule has 0 radical (unpaired) electrons. The molecule has 0 aliphatic heterocycles. The Morgan fingerprint density at radius 2 is 2.09 bits per heavy atom. The number of amides is 1. The molecule has 0 bridgehead atoms. The van der Waals surface area contributed by atoms with Gasteiger partial charge in [-0.3, -0.25) is 0 Å². The summed E-state index contributed by atoms with van der Waals surface area (Å²) in [6.07, 6.45) is -0.469. The molecule has 2 rings (SSSR count). The van der Waals surface area contributed by atoms with Crippen LogP contribution < -0.4 is 5.32 Å². The maximum Gasteiger partial charge on any atom is 0.407 e. The van der Waals surface area contributed by atoms with Crippen LogP contribution >= 0.6 is 11.3 Å². The third-order valence-corrected chi connectivity index (χ3v) is 3.86. The topological polar surface area (TPSA) is 69.6 Å². The highest BCUT2D eigenvalue weighted by molar-refractivity contribution is 7.17. The summed E-state index contributed by atoms with van der Waals surface area (Å²) in [5.74, 6) is -0.354. The van der Waals surface area contributed by atoms with Crippen LogP contribution in [0.2, 0.25) is 0 Å². The average Bonchev–Trinajstić information content (AvgIpc) is 2.99. The Hall–Kier alpha value is -2.02. The number of carbonyl (C=O) groups excluding carboxylic acids is 2. The van der Waals surface area contributed by atoms with E-state index in [4.69, 9.17) is 9.47 Å². The number of aromatic nitrogens is 1. The molecule has 2 aromatic heterocycles. The van der Waals surface area contributed by atoms with E-state index in [9.17, 15) is 9.59 Å². The van der Waals surface area contributed by atoms with Crippen LogP contribution in [-0.2, 0) is 16.0 Å². The summed E-state index contributed by atoms with van der Waals surface area (Å²) in [5.41, 5.74) is 0.928. The summed E-state index contributed by atoms with van der Waals surface area (Å²) in [5, 5.41) is 4.67. The van der Waals surface area contributed by atoms with Crippen LogP contribution in [-0.4, -0.2) is 35.4 Å². The Balaban J connectivity index is 2.06. The fraction of sp³-hybridized carbons (Fsp3) is 0.500. The van der Waals surface area contributed by atoms with E-state index < -0.39 is 11.7 Å². The highest BCUT2D eigenvalue weighted by atomic mass is 32.1. The highest BCUT2D eigenvalue weighted by Gasteiger charge is 2.18. The fourth-order valence-corrected chi connectivity index (χ4v) is 3.00. The normalized spacial score (nSPS) is 11.5. The lowest BCUT2D eigenvalue weighted by atomic mass is 10.2. The second-order valence-corrected chi connectivity index (χ2v) is 6.95. The van der Waals surface area contributed by atoms with Crippen molar-refractivity contribution in [3.8, 4) is 0 Å². The number of nitrogens with one attached hydrogen (secondary N) is 1. The second kappa shape index (κ2) is 7.04. The van der Waals surface area contributed by atoms with Crippen molar-refractivity contribution in [2.45, 2.75) is 39.8 Å². The molecule has 1 amide bonds. The zero-order chi connectivity index (χ0) is 17.0. The minimum absolute atomic E-state index is 0.327. The van der Waals surface area contributed by atoms with Gasteiger partial charge in [0, 0.05) is 13.1 Å². The summed E-state index contributed by atoms with van der Waals surface area (Å²) in [6.45, 7) is 8.37. The van der Waals surface area contributed by atoms with Crippen LogP contribution in [0.25, 0.3) is 10.2 Å². The van der Waals surface area contributed by atoms with Crippen molar-refractivity contribution in [2.75, 3.05) is 13.2 Å². The molecule has 0 aliphatic carbocycles. The molecule has 0 spiro atoms. The van der Waals surface area contributed by atoms with E-state index in [1.54, 1.807) is 18.3 Å². The minimum Gasteiger partial charge on any atom is -0.461 e. The van der Waals surface area contributed by atoms with Gasteiger partial charge in [0.05, 0.1) is 16.8 Å². The average molecular weight is 338 g/mol. The lowest BCUT2D eigenvalue weighted by molar-refractivity contribution is 0.0514. The predicted octanol–water partition coefficient (Wildman–Crippen LogP) is 3.40. The molecule has 0 saturated carbocycles. The molecule has 126 valence electrons. The predicted molar refractivity (Wildman–Crippen MR) is 90.0 cm³/mol. The first-order valence-corrected chi connectivity index (χ1v) is 8.40. The molecule has 23 heavy (non-hydrogen) atoms. The number of hydrogen-bond donors (Lipinski definition) is 1. The molecule has 0 aromatic carbocycles. The first kappa shape index (κ1) is 17.3. The van der Waals surface area contributed by atoms with Crippen LogP contribution in [0.3, 0.4) is 0 Å². The number of ether oxygens (including phenoxy) is 2. The summed E-state index contributed by atoms with van der Waals surface area (Å²) in [7, 11) is 0. The third-order valence-electron chi connectivity index (χ3n) is 3.01. The largest absolute Gasteiger partial charge is 0.461 e. The monoisotopic (exact) mass is 338 g/mol. The van der Waals surface area contributed by atoms with Gasteiger partial charge >= 0.3 is 12.1 Å². The van der Waals surface area contributed by atoms with E-state index in [-0.39, 0.29) is 5.97 Å².